The number of rotatable bonds is 11. The van der Waals surface area contributed by atoms with E-state index in [9.17, 15) is 14.4 Å². The van der Waals surface area contributed by atoms with E-state index in [1.165, 1.54) is 11.3 Å². The van der Waals surface area contributed by atoms with Crippen LogP contribution in [0.5, 0.6) is 0 Å². The molecule has 1 unspecified atom stereocenters. The van der Waals surface area contributed by atoms with Crippen molar-refractivity contribution in [2.45, 2.75) is 70.4 Å². The topological polar surface area (TPSA) is 84.9 Å². The van der Waals surface area contributed by atoms with E-state index in [-0.39, 0.29) is 31.6 Å². The Kier molecular flexibility index (Phi) is 9.37. The first-order valence-electron chi connectivity index (χ1n) is 14.9. The van der Waals surface area contributed by atoms with E-state index in [4.69, 9.17) is 9.47 Å². The number of ether oxygens (including phenoxy) is 2. The fraction of sp³-hybridized carbons (Fsp3) is 0.545. The molecule has 4 aliphatic rings. The van der Waals surface area contributed by atoms with Gasteiger partial charge in [-0.2, -0.15) is 0 Å². The molecule has 2 aromatic rings. The molecule has 220 valence electrons. The largest absolute Gasteiger partial charge is 0.465 e. The average molecular weight is 626 g/mol. The minimum atomic E-state index is -1.33. The minimum Gasteiger partial charge on any atom is -0.465 e. The smallest absolute Gasteiger partial charge is 0.408 e. The predicted octanol–water partition coefficient (Wildman–Crippen LogP) is 5.94. The molecule has 1 N–H and O–H groups in total. The average Bonchev–Trinajstić information content (AvgIpc) is 2.94. The lowest BCUT2D eigenvalue weighted by molar-refractivity contribution is -0.151. The van der Waals surface area contributed by atoms with Gasteiger partial charge in [0.2, 0.25) is 5.91 Å². The van der Waals surface area contributed by atoms with E-state index in [0.717, 1.165) is 53.1 Å². The number of hydrogen-bond donors (Lipinski definition) is 1. The van der Waals surface area contributed by atoms with Gasteiger partial charge >= 0.3 is 12.1 Å². The third-order valence-electron chi connectivity index (χ3n) is 9.13. The lowest BCUT2D eigenvalue weighted by Crippen LogP contribution is -2.61. The summed E-state index contributed by atoms with van der Waals surface area (Å²) in [7, 11) is 0. The first kappa shape index (κ1) is 29.6. The van der Waals surface area contributed by atoms with E-state index >= 15 is 0 Å². The van der Waals surface area contributed by atoms with Gasteiger partial charge in [0.1, 0.15) is 18.2 Å². The summed E-state index contributed by atoms with van der Waals surface area (Å²) >= 11 is 3.47. The number of carbonyl (C=O) groups excluding carboxylic acids is 3. The highest BCUT2D eigenvalue weighted by Gasteiger charge is 2.50. The van der Waals surface area contributed by atoms with Gasteiger partial charge in [-0.15, -0.1) is 0 Å². The van der Waals surface area contributed by atoms with Crippen molar-refractivity contribution in [1.29, 1.82) is 0 Å². The first-order chi connectivity index (χ1) is 19.7. The van der Waals surface area contributed by atoms with Crippen LogP contribution in [0.4, 0.5) is 4.79 Å². The van der Waals surface area contributed by atoms with Gasteiger partial charge in [0.15, 0.2) is 0 Å². The molecule has 0 aromatic heterocycles. The van der Waals surface area contributed by atoms with Crippen molar-refractivity contribution in [2.24, 2.45) is 23.7 Å². The molecule has 6 rings (SSSR count). The molecule has 4 aliphatic carbocycles. The number of hydrogen-bond acceptors (Lipinski definition) is 5. The number of carbonyl (C=O) groups is 3. The quantitative estimate of drug-likeness (QED) is 0.313. The van der Waals surface area contributed by atoms with Gasteiger partial charge in [-0.3, -0.25) is 9.59 Å². The van der Waals surface area contributed by atoms with Crippen LogP contribution < -0.4 is 5.32 Å². The van der Waals surface area contributed by atoms with Gasteiger partial charge in [0, 0.05) is 17.4 Å². The van der Waals surface area contributed by atoms with Crippen LogP contribution in [0, 0.1) is 23.7 Å². The lowest BCUT2D eigenvalue weighted by Gasteiger charge is -2.53. The number of nitrogens with zero attached hydrogens (tertiary/aromatic N) is 1. The van der Waals surface area contributed by atoms with Crippen LogP contribution in [0.1, 0.15) is 57.1 Å². The maximum absolute atomic E-state index is 14.3. The number of benzene rings is 2. The molecular weight excluding hydrogens is 584 g/mol. The molecule has 4 saturated carbocycles. The van der Waals surface area contributed by atoms with Gasteiger partial charge < -0.3 is 19.7 Å². The molecule has 0 spiro atoms. The normalized spacial score (nSPS) is 25.7. The number of amides is 2. The van der Waals surface area contributed by atoms with Crippen molar-refractivity contribution in [3.8, 4) is 0 Å². The molecule has 0 saturated heterocycles. The highest BCUT2D eigenvalue weighted by molar-refractivity contribution is 9.10. The second-order valence-electron chi connectivity index (χ2n) is 12.3. The highest BCUT2D eigenvalue weighted by Crippen LogP contribution is 2.54. The van der Waals surface area contributed by atoms with Crippen LogP contribution in [-0.2, 0) is 31.9 Å². The summed E-state index contributed by atoms with van der Waals surface area (Å²) in [5.41, 5.74) is 0.608. The summed E-state index contributed by atoms with van der Waals surface area (Å²) in [6, 6.07) is 17.5. The van der Waals surface area contributed by atoms with E-state index in [1.807, 2.05) is 54.6 Å². The Morgan fingerprint density at radius 3 is 2.17 bits per heavy atom. The Morgan fingerprint density at radius 2 is 1.56 bits per heavy atom. The van der Waals surface area contributed by atoms with Crippen LogP contribution in [0.15, 0.2) is 59.1 Å². The van der Waals surface area contributed by atoms with Crippen LogP contribution >= 0.6 is 15.9 Å². The molecule has 2 aromatic carbocycles. The number of alkyl carbamates (subject to hydrolysis) is 1. The zero-order valence-corrected chi connectivity index (χ0v) is 25.6. The molecule has 0 radical (unpaired) electrons. The molecular formula is C33H41BrN2O5. The molecule has 2 amide bonds. The fourth-order valence-corrected chi connectivity index (χ4v) is 7.77. The highest BCUT2D eigenvalue weighted by atomic mass is 79.9. The summed E-state index contributed by atoms with van der Waals surface area (Å²) in [5, 5.41) is 2.98. The summed E-state index contributed by atoms with van der Waals surface area (Å²) < 4.78 is 12.3. The predicted molar refractivity (Wildman–Crippen MR) is 160 cm³/mol. The van der Waals surface area contributed by atoms with Gasteiger partial charge in [-0.25, -0.2) is 4.79 Å². The zero-order valence-electron chi connectivity index (χ0n) is 24.0. The first-order valence-corrected chi connectivity index (χ1v) is 15.7. The molecule has 4 fully saturated rings. The van der Waals surface area contributed by atoms with Crippen LogP contribution in [0.2, 0.25) is 0 Å². The minimum absolute atomic E-state index is 0.0939. The van der Waals surface area contributed by atoms with Gasteiger partial charge in [-0.05, 0) is 99.3 Å². The molecule has 0 aliphatic heterocycles. The summed E-state index contributed by atoms with van der Waals surface area (Å²) in [6.45, 7) is 3.82. The summed E-state index contributed by atoms with van der Waals surface area (Å²) in [5.74, 6) is 1.55. The Hall–Kier alpha value is -2.87. The standard InChI is InChI=1S/C33H41BrN2O5/c1-3-40-29(37)21-36(14-13-22-7-5-4-6-8-22)31(38)33(2,20-23-9-11-28(34)12-10-23)35-32(39)41-30-26-16-24-15-25(18-26)19-27(30)17-24/h4-12,24-27,30H,3,13-21H2,1-2H3,(H,35,39). The van der Waals surface area contributed by atoms with Crippen molar-refractivity contribution < 1.29 is 23.9 Å². The third kappa shape index (κ3) is 7.32. The second kappa shape index (κ2) is 13.0. The molecule has 41 heavy (non-hydrogen) atoms. The number of halogens is 1. The van der Waals surface area contributed by atoms with Crippen LogP contribution in [-0.4, -0.2) is 54.2 Å². The maximum Gasteiger partial charge on any atom is 0.408 e. The van der Waals surface area contributed by atoms with Crippen LogP contribution in [0.25, 0.3) is 0 Å². The Bertz CT molecular complexity index is 1190. The number of esters is 1. The van der Waals surface area contributed by atoms with E-state index in [1.54, 1.807) is 13.8 Å². The molecule has 1 atom stereocenters. The monoisotopic (exact) mass is 624 g/mol. The number of nitrogens with one attached hydrogen (secondary N) is 1. The second-order valence-corrected chi connectivity index (χ2v) is 13.2. The van der Waals surface area contributed by atoms with Gasteiger partial charge in [0.25, 0.3) is 0 Å². The molecule has 0 heterocycles. The lowest BCUT2D eigenvalue weighted by atomic mass is 9.55. The van der Waals surface area contributed by atoms with Crippen molar-refractivity contribution in [3.05, 3.63) is 70.2 Å². The summed E-state index contributed by atoms with van der Waals surface area (Å²) in [6.07, 6.45) is 6.02. The van der Waals surface area contributed by atoms with Crippen molar-refractivity contribution in [2.75, 3.05) is 19.7 Å². The van der Waals surface area contributed by atoms with Gasteiger partial charge in [-0.1, -0.05) is 58.4 Å². The van der Waals surface area contributed by atoms with Gasteiger partial charge in [0.05, 0.1) is 6.61 Å². The Morgan fingerprint density at radius 1 is 0.927 bits per heavy atom. The van der Waals surface area contributed by atoms with E-state index < -0.39 is 17.6 Å². The van der Waals surface area contributed by atoms with E-state index in [2.05, 4.69) is 21.2 Å². The molecule has 8 heteroatoms. The molecule has 7 nitrogen and oxygen atoms in total. The fourth-order valence-electron chi connectivity index (χ4n) is 7.50. The molecule has 4 bridgehead atoms. The van der Waals surface area contributed by atoms with Crippen LogP contribution in [0.3, 0.4) is 0 Å². The third-order valence-corrected chi connectivity index (χ3v) is 9.66. The van der Waals surface area contributed by atoms with Crippen molar-refractivity contribution >= 4 is 33.9 Å². The Labute approximate surface area is 251 Å². The SMILES string of the molecule is CCOC(=O)CN(CCc1ccccc1)C(=O)C(C)(Cc1ccc(Br)cc1)NC(=O)OC1C2CC3CC(C2)CC1C3. The van der Waals surface area contributed by atoms with Crippen molar-refractivity contribution in [1.82, 2.24) is 10.2 Å². The zero-order chi connectivity index (χ0) is 29.0. The Balaban J connectivity index is 1.36. The summed E-state index contributed by atoms with van der Waals surface area (Å²) in [4.78, 5) is 41.9. The maximum atomic E-state index is 14.3. The van der Waals surface area contributed by atoms with E-state index in [0.29, 0.717) is 24.8 Å². The van der Waals surface area contributed by atoms with Crippen molar-refractivity contribution in [3.63, 3.8) is 0 Å².